The van der Waals surface area contributed by atoms with Crippen LogP contribution in [0.2, 0.25) is 0 Å². The van der Waals surface area contributed by atoms with Gasteiger partial charge in [-0.3, -0.25) is 9.59 Å². The fraction of sp³-hybridized carbons (Fsp3) is 0.520. The minimum absolute atomic E-state index is 0.114. The van der Waals surface area contributed by atoms with Crippen LogP contribution in [0.25, 0.3) is 10.8 Å². The van der Waals surface area contributed by atoms with Crippen molar-refractivity contribution in [1.29, 1.82) is 0 Å². The number of nitrogens with one attached hydrogen (secondary N) is 1. The molecule has 0 aliphatic carbocycles. The van der Waals surface area contributed by atoms with E-state index < -0.39 is 0 Å². The van der Waals surface area contributed by atoms with Gasteiger partial charge < -0.3 is 10.2 Å². The number of nitrogens with zero attached hydrogens (tertiary/aromatic N) is 1. The first-order chi connectivity index (χ1) is 14.1. The second-order valence-electron chi connectivity index (χ2n) is 8.83. The zero-order chi connectivity index (χ0) is 20.3. The normalized spacial score (nSPS) is 24.7. The molecule has 0 bridgehead atoms. The molecule has 0 spiro atoms. The number of rotatable bonds is 6. The highest BCUT2D eigenvalue weighted by Gasteiger charge is 2.38. The van der Waals surface area contributed by atoms with Crippen molar-refractivity contribution in [3.63, 3.8) is 0 Å². The SMILES string of the molecule is CC[C@@H]1CCCCN1C(=O)CC[C@]1(Cc2ccc3ccccc3c2)CCC(=O)N1. The van der Waals surface area contributed by atoms with Crippen LogP contribution in [-0.2, 0) is 16.0 Å². The second kappa shape index (κ2) is 8.56. The van der Waals surface area contributed by atoms with Gasteiger partial charge in [0, 0.05) is 31.0 Å². The van der Waals surface area contributed by atoms with E-state index in [1.807, 2.05) is 0 Å². The predicted octanol–water partition coefficient (Wildman–Crippen LogP) is 4.60. The van der Waals surface area contributed by atoms with Gasteiger partial charge in [-0.2, -0.15) is 0 Å². The average molecular weight is 393 g/mol. The average Bonchev–Trinajstić information content (AvgIpc) is 3.12. The third-order valence-corrected chi connectivity index (χ3v) is 6.83. The number of hydrogen-bond acceptors (Lipinski definition) is 2. The Hall–Kier alpha value is -2.36. The molecule has 2 saturated heterocycles. The Labute approximate surface area is 173 Å². The van der Waals surface area contributed by atoms with Crippen LogP contribution in [0.1, 0.15) is 63.9 Å². The van der Waals surface area contributed by atoms with Gasteiger partial charge in [0.05, 0.1) is 0 Å². The molecular formula is C25H32N2O2. The van der Waals surface area contributed by atoms with Crippen LogP contribution in [0, 0.1) is 0 Å². The van der Waals surface area contributed by atoms with Crippen molar-refractivity contribution in [3.8, 4) is 0 Å². The first-order valence-corrected chi connectivity index (χ1v) is 11.2. The first-order valence-electron chi connectivity index (χ1n) is 11.2. The van der Waals surface area contributed by atoms with Gasteiger partial charge in [-0.1, -0.05) is 49.4 Å². The predicted molar refractivity (Wildman–Crippen MR) is 117 cm³/mol. The molecule has 2 aromatic rings. The smallest absolute Gasteiger partial charge is 0.222 e. The lowest BCUT2D eigenvalue weighted by molar-refractivity contribution is -0.135. The summed E-state index contributed by atoms with van der Waals surface area (Å²) in [6, 6.07) is 15.3. The molecular weight excluding hydrogens is 360 g/mol. The molecule has 2 heterocycles. The summed E-state index contributed by atoms with van der Waals surface area (Å²) in [6.45, 7) is 3.07. The molecule has 29 heavy (non-hydrogen) atoms. The van der Waals surface area contributed by atoms with Crippen molar-refractivity contribution in [2.45, 2.75) is 76.3 Å². The largest absolute Gasteiger partial charge is 0.350 e. The fourth-order valence-electron chi connectivity index (χ4n) is 5.16. The van der Waals surface area contributed by atoms with Crippen LogP contribution in [0.4, 0.5) is 0 Å². The molecule has 0 saturated carbocycles. The van der Waals surface area contributed by atoms with Gasteiger partial charge in [0.25, 0.3) is 0 Å². The number of benzene rings is 2. The first kappa shape index (κ1) is 19.9. The lowest BCUT2D eigenvalue weighted by Crippen LogP contribution is -2.47. The highest BCUT2D eigenvalue weighted by molar-refractivity contribution is 5.83. The molecule has 4 rings (SSSR count). The van der Waals surface area contributed by atoms with E-state index in [4.69, 9.17) is 0 Å². The Kier molecular flexibility index (Phi) is 5.89. The van der Waals surface area contributed by atoms with Crippen molar-refractivity contribution in [2.24, 2.45) is 0 Å². The summed E-state index contributed by atoms with van der Waals surface area (Å²) in [5.74, 6) is 0.373. The number of piperidine rings is 1. The summed E-state index contributed by atoms with van der Waals surface area (Å²) < 4.78 is 0. The summed E-state index contributed by atoms with van der Waals surface area (Å²) in [7, 11) is 0. The molecule has 4 nitrogen and oxygen atoms in total. The van der Waals surface area contributed by atoms with Crippen LogP contribution in [0.5, 0.6) is 0 Å². The maximum atomic E-state index is 13.0. The van der Waals surface area contributed by atoms with E-state index in [9.17, 15) is 9.59 Å². The number of carbonyl (C=O) groups is 2. The van der Waals surface area contributed by atoms with E-state index in [-0.39, 0.29) is 17.4 Å². The van der Waals surface area contributed by atoms with Gasteiger partial charge in [-0.05, 0) is 61.3 Å². The van der Waals surface area contributed by atoms with Crippen molar-refractivity contribution in [1.82, 2.24) is 10.2 Å². The summed E-state index contributed by atoms with van der Waals surface area (Å²) in [6.07, 6.45) is 7.89. The number of hydrogen-bond donors (Lipinski definition) is 1. The van der Waals surface area contributed by atoms with E-state index in [2.05, 4.69) is 59.6 Å². The maximum absolute atomic E-state index is 13.0. The molecule has 0 aromatic heterocycles. The Balaban J connectivity index is 1.47. The van der Waals surface area contributed by atoms with E-state index >= 15 is 0 Å². The summed E-state index contributed by atoms with van der Waals surface area (Å²) >= 11 is 0. The molecule has 1 N–H and O–H groups in total. The molecule has 2 aliphatic rings. The van der Waals surface area contributed by atoms with Crippen LogP contribution in [0.15, 0.2) is 42.5 Å². The molecule has 2 aliphatic heterocycles. The van der Waals surface area contributed by atoms with Gasteiger partial charge in [0.1, 0.15) is 0 Å². The fourth-order valence-corrected chi connectivity index (χ4v) is 5.16. The van der Waals surface area contributed by atoms with Crippen LogP contribution < -0.4 is 5.32 Å². The van der Waals surface area contributed by atoms with Gasteiger partial charge in [-0.15, -0.1) is 0 Å². The Morgan fingerprint density at radius 1 is 1.17 bits per heavy atom. The minimum atomic E-state index is -0.299. The van der Waals surface area contributed by atoms with Gasteiger partial charge in [0.2, 0.25) is 11.8 Å². The third kappa shape index (κ3) is 4.47. The standard InChI is InChI=1S/C25H32N2O2/c1-2-22-9-5-6-16-27(22)24(29)13-15-25(14-12-23(28)26-25)18-19-10-11-20-7-3-4-8-21(20)17-19/h3-4,7-8,10-11,17,22H,2,5-6,9,12-16,18H2,1H3,(H,26,28)/t22-,25+/m1/s1. The second-order valence-corrected chi connectivity index (χ2v) is 8.83. The van der Waals surface area contributed by atoms with Crippen LogP contribution >= 0.6 is 0 Å². The number of amides is 2. The van der Waals surface area contributed by atoms with E-state index in [0.29, 0.717) is 18.9 Å². The molecule has 4 heteroatoms. The summed E-state index contributed by atoms with van der Waals surface area (Å²) in [5, 5.41) is 5.69. The lowest BCUT2D eigenvalue weighted by Gasteiger charge is -2.36. The summed E-state index contributed by atoms with van der Waals surface area (Å²) in [4.78, 5) is 27.2. The topological polar surface area (TPSA) is 49.4 Å². The number of carbonyl (C=O) groups excluding carboxylic acids is 2. The van der Waals surface area contributed by atoms with Gasteiger partial charge in [-0.25, -0.2) is 0 Å². The summed E-state index contributed by atoms with van der Waals surface area (Å²) in [5.41, 5.74) is 0.926. The Bertz CT molecular complexity index is 893. The van der Waals surface area contributed by atoms with Crippen LogP contribution in [-0.4, -0.2) is 34.8 Å². The van der Waals surface area contributed by atoms with Gasteiger partial charge in [0.15, 0.2) is 0 Å². The third-order valence-electron chi connectivity index (χ3n) is 6.83. The van der Waals surface area contributed by atoms with Crippen molar-refractivity contribution >= 4 is 22.6 Å². The van der Waals surface area contributed by atoms with Crippen molar-refractivity contribution < 1.29 is 9.59 Å². The molecule has 2 amide bonds. The molecule has 0 radical (unpaired) electrons. The molecule has 2 fully saturated rings. The molecule has 2 atom stereocenters. The highest BCUT2D eigenvalue weighted by Crippen LogP contribution is 2.31. The quantitative estimate of drug-likeness (QED) is 0.781. The van der Waals surface area contributed by atoms with E-state index in [0.717, 1.165) is 45.1 Å². The molecule has 2 aromatic carbocycles. The van der Waals surface area contributed by atoms with Crippen molar-refractivity contribution in [2.75, 3.05) is 6.54 Å². The van der Waals surface area contributed by atoms with Crippen molar-refractivity contribution in [3.05, 3.63) is 48.0 Å². The Morgan fingerprint density at radius 3 is 2.76 bits per heavy atom. The molecule has 0 unspecified atom stereocenters. The van der Waals surface area contributed by atoms with Crippen LogP contribution in [0.3, 0.4) is 0 Å². The zero-order valence-corrected chi connectivity index (χ0v) is 17.5. The molecule has 154 valence electrons. The highest BCUT2D eigenvalue weighted by atomic mass is 16.2. The van der Waals surface area contributed by atoms with E-state index in [1.54, 1.807) is 0 Å². The van der Waals surface area contributed by atoms with E-state index in [1.165, 1.54) is 22.8 Å². The zero-order valence-electron chi connectivity index (χ0n) is 17.5. The number of likely N-dealkylation sites (tertiary alicyclic amines) is 1. The minimum Gasteiger partial charge on any atom is -0.350 e. The number of fused-ring (bicyclic) bond motifs is 1. The monoisotopic (exact) mass is 392 g/mol. The lowest BCUT2D eigenvalue weighted by atomic mass is 9.84. The maximum Gasteiger partial charge on any atom is 0.222 e. The van der Waals surface area contributed by atoms with Gasteiger partial charge >= 0.3 is 0 Å². The Morgan fingerprint density at radius 2 is 2.00 bits per heavy atom.